The number of aryl methyl sites for hydroxylation is 1. The van der Waals surface area contributed by atoms with Crippen molar-refractivity contribution in [2.24, 2.45) is 0 Å². The lowest BCUT2D eigenvalue weighted by Crippen LogP contribution is -1.84. The molecule has 0 spiro atoms. The minimum absolute atomic E-state index is 0.629. The van der Waals surface area contributed by atoms with Gasteiger partial charge in [-0.2, -0.15) is 0 Å². The monoisotopic (exact) mass is 255 g/mol. The molecule has 1 aromatic heterocycles. The zero-order valence-electron chi connectivity index (χ0n) is 10.3. The fourth-order valence-corrected chi connectivity index (χ4v) is 1.74. The molecule has 0 N–H and O–H groups in total. The van der Waals surface area contributed by atoms with Gasteiger partial charge in [-0.05, 0) is 42.2 Å². The van der Waals surface area contributed by atoms with Crippen LogP contribution in [0.1, 0.15) is 30.2 Å². The second kappa shape index (κ2) is 6.23. The summed E-state index contributed by atoms with van der Waals surface area (Å²) in [6.45, 7) is 2.18. The fourth-order valence-electron chi connectivity index (χ4n) is 1.63. The summed E-state index contributed by atoms with van der Waals surface area (Å²) in [4.78, 5) is 4.13. The second-order valence-corrected chi connectivity index (χ2v) is 4.50. The van der Waals surface area contributed by atoms with E-state index < -0.39 is 0 Å². The number of pyridine rings is 1. The van der Waals surface area contributed by atoms with Crippen LogP contribution in [0.4, 0.5) is 0 Å². The predicted octanol–water partition coefficient (Wildman–Crippen LogP) is 4.09. The third-order valence-corrected chi connectivity index (χ3v) is 2.78. The molecule has 0 aliphatic heterocycles. The largest absolute Gasteiger partial charge is 0.246 e. The molecule has 0 unspecified atom stereocenters. The van der Waals surface area contributed by atoms with Gasteiger partial charge in [-0.25, -0.2) is 4.98 Å². The Bertz CT molecular complexity index is 559. The van der Waals surface area contributed by atoms with Crippen molar-refractivity contribution in [2.45, 2.75) is 19.8 Å². The maximum Gasteiger partial charge on any atom is 0.113 e. The molecular formula is C16H14ClN. The van der Waals surface area contributed by atoms with Crippen LogP contribution in [0, 0.1) is 11.8 Å². The summed E-state index contributed by atoms with van der Waals surface area (Å²) in [5.41, 5.74) is 3.09. The SMILES string of the molecule is CCCc1ccc(C#Cc2ccc(Cl)cn2)cc1. The van der Waals surface area contributed by atoms with Gasteiger partial charge in [0.05, 0.1) is 5.02 Å². The smallest absolute Gasteiger partial charge is 0.113 e. The molecule has 0 bridgehead atoms. The van der Waals surface area contributed by atoms with E-state index in [0.717, 1.165) is 17.7 Å². The van der Waals surface area contributed by atoms with Gasteiger partial charge in [-0.3, -0.25) is 0 Å². The van der Waals surface area contributed by atoms with Crippen molar-refractivity contribution in [3.8, 4) is 11.8 Å². The lowest BCUT2D eigenvalue weighted by atomic mass is 10.1. The van der Waals surface area contributed by atoms with E-state index in [2.05, 4.69) is 35.9 Å². The van der Waals surface area contributed by atoms with Gasteiger partial charge in [-0.15, -0.1) is 0 Å². The number of benzene rings is 1. The average molecular weight is 256 g/mol. The molecule has 0 saturated heterocycles. The third kappa shape index (κ3) is 3.61. The molecule has 0 fully saturated rings. The van der Waals surface area contributed by atoms with Gasteiger partial charge in [0.2, 0.25) is 0 Å². The number of hydrogen-bond acceptors (Lipinski definition) is 1. The Morgan fingerprint density at radius 2 is 1.83 bits per heavy atom. The van der Waals surface area contributed by atoms with Crippen LogP contribution in [0.3, 0.4) is 0 Å². The zero-order chi connectivity index (χ0) is 12.8. The fraction of sp³-hybridized carbons (Fsp3) is 0.188. The number of aromatic nitrogens is 1. The van der Waals surface area contributed by atoms with Crippen LogP contribution in [-0.2, 0) is 6.42 Å². The molecule has 0 radical (unpaired) electrons. The maximum absolute atomic E-state index is 5.77. The van der Waals surface area contributed by atoms with E-state index in [-0.39, 0.29) is 0 Å². The van der Waals surface area contributed by atoms with Gasteiger partial charge in [-0.1, -0.05) is 43.0 Å². The highest BCUT2D eigenvalue weighted by Gasteiger charge is 1.92. The van der Waals surface area contributed by atoms with Crippen molar-refractivity contribution in [1.29, 1.82) is 0 Å². The molecule has 2 rings (SSSR count). The summed E-state index contributed by atoms with van der Waals surface area (Å²) in [5, 5.41) is 0.629. The number of rotatable bonds is 2. The summed E-state index contributed by atoms with van der Waals surface area (Å²) in [6.07, 6.45) is 3.89. The van der Waals surface area contributed by atoms with Crippen LogP contribution < -0.4 is 0 Å². The highest BCUT2D eigenvalue weighted by Crippen LogP contribution is 2.07. The molecule has 2 heteroatoms. The molecule has 90 valence electrons. The van der Waals surface area contributed by atoms with Crippen molar-refractivity contribution in [1.82, 2.24) is 4.98 Å². The number of nitrogens with zero attached hydrogens (tertiary/aromatic N) is 1. The van der Waals surface area contributed by atoms with E-state index in [1.165, 1.54) is 12.0 Å². The third-order valence-electron chi connectivity index (χ3n) is 2.55. The standard InChI is InChI=1S/C16H14ClN/c1-2-3-13-4-6-14(7-5-13)8-10-16-11-9-15(17)12-18-16/h4-7,9,11-12H,2-3H2,1H3. The molecule has 18 heavy (non-hydrogen) atoms. The molecular weight excluding hydrogens is 242 g/mol. The lowest BCUT2D eigenvalue weighted by molar-refractivity contribution is 0.922. The first-order valence-corrected chi connectivity index (χ1v) is 6.38. The summed E-state index contributed by atoms with van der Waals surface area (Å²) in [7, 11) is 0. The Labute approximate surface area is 113 Å². The minimum Gasteiger partial charge on any atom is -0.246 e. The Balaban J connectivity index is 2.12. The van der Waals surface area contributed by atoms with Crippen LogP contribution in [0.25, 0.3) is 0 Å². The molecule has 1 heterocycles. The summed E-state index contributed by atoms with van der Waals surface area (Å²) < 4.78 is 0. The van der Waals surface area contributed by atoms with Crippen LogP contribution >= 0.6 is 11.6 Å². The molecule has 0 amide bonds. The van der Waals surface area contributed by atoms with E-state index in [9.17, 15) is 0 Å². The summed E-state index contributed by atoms with van der Waals surface area (Å²) in [5.74, 6) is 6.11. The molecule has 0 aliphatic carbocycles. The molecule has 0 atom stereocenters. The average Bonchev–Trinajstić information content (AvgIpc) is 2.40. The Hall–Kier alpha value is -1.78. The molecule has 1 aromatic carbocycles. The summed E-state index contributed by atoms with van der Waals surface area (Å²) >= 11 is 5.77. The summed E-state index contributed by atoms with van der Waals surface area (Å²) in [6, 6.07) is 12.0. The van der Waals surface area contributed by atoms with Crippen LogP contribution in [-0.4, -0.2) is 4.98 Å². The molecule has 0 aliphatic rings. The number of hydrogen-bond donors (Lipinski definition) is 0. The van der Waals surface area contributed by atoms with E-state index in [0.29, 0.717) is 5.02 Å². The van der Waals surface area contributed by atoms with Crippen molar-refractivity contribution in [3.05, 3.63) is 64.4 Å². The van der Waals surface area contributed by atoms with Crippen LogP contribution in [0.2, 0.25) is 5.02 Å². The Morgan fingerprint density at radius 1 is 1.06 bits per heavy atom. The zero-order valence-corrected chi connectivity index (χ0v) is 11.0. The molecule has 2 aromatic rings. The van der Waals surface area contributed by atoms with Crippen molar-refractivity contribution < 1.29 is 0 Å². The lowest BCUT2D eigenvalue weighted by Gasteiger charge is -1.97. The van der Waals surface area contributed by atoms with E-state index in [4.69, 9.17) is 11.6 Å². The first kappa shape index (κ1) is 12.7. The normalized spacial score (nSPS) is 9.67. The Morgan fingerprint density at radius 3 is 2.44 bits per heavy atom. The van der Waals surface area contributed by atoms with Gasteiger partial charge in [0, 0.05) is 11.8 Å². The van der Waals surface area contributed by atoms with Gasteiger partial charge in [0.15, 0.2) is 0 Å². The first-order valence-electron chi connectivity index (χ1n) is 6.00. The van der Waals surface area contributed by atoms with Gasteiger partial charge in [0.25, 0.3) is 0 Å². The molecule has 1 nitrogen and oxygen atoms in total. The van der Waals surface area contributed by atoms with Crippen molar-refractivity contribution in [3.63, 3.8) is 0 Å². The molecule has 0 saturated carbocycles. The van der Waals surface area contributed by atoms with Crippen LogP contribution in [0.15, 0.2) is 42.6 Å². The quantitative estimate of drug-likeness (QED) is 0.737. The van der Waals surface area contributed by atoms with Gasteiger partial charge < -0.3 is 0 Å². The van der Waals surface area contributed by atoms with E-state index in [1.54, 1.807) is 12.3 Å². The maximum atomic E-state index is 5.77. The topological polar surface area (TPSA) is 12.9 Å². The van der Waals surface area contributed by atoms with Gasteiger partial charge >= 0.3 is 0 Å². The van der Waals surface area contributed by atoms with Crippen LogP contribution in [0.5, 0.6) is 0 Å². The first-order chi connectivity index (χ1) is 8.78. The Kier molecular flexibility index (Phi) is 4.39. The predicted molar refractivity (Wildman–Crippen MR) is 75.7 cm³/mol. The number of halogens is 1. The minimum atomic E-state index is 0.629. The highest BCUT2D eigenvalue weighted by molar-refractivity contribution is 6.30. The van der Waals surface area contributed by atoms with E-state index in [1.807, 2.05) is 18.2 Å². The van der Waals surface area contributed by atoms with Gasteiger partial charge in [0.1, 0.15) is 5.69 Å². The van der Waals surface area contributed by atoms with E-state index >= 15 is 0 Å². The van der Waals surface area contributed by atoms with Crippen molar-refractivity contribution in [2.75, 3.05) is 0 Å². The second-order valence-electron chi connectivity index (χ2n) is 4.06. The highest BCUT2D eigenvalue weighted by atomic mass is 35.5. The van der Waals surface area contributed by atoms with Crippen molar-refractivity contribution >= 4 is 11.6 Å².